The molecule has 0 amide bonds. The molecule has 104 valence electrons. The predicted octanol–water partition coefficient (Wildman–Crippen LogP) is 3.37. The molecular formula is C17H19NO2. The van der Waals surface area contributed by atoms with E-state index in [1.165, 1.54) is 11.3 Å². The van der Waals surface area contributed by atoms with Crippen molar-refractivity contribution >= 4 is 5.78 Å². The van der Waals surface area contributed by atoms with Gasteiger partial charge in [-0.1, -0.05) is 12.1 Å². The zero-order valence-corrected chi connectivity index (χ0v) is 12.0. The second-order valence-electron chi connectivity index (χ2n) is 5.36. The van der Waals surface area contributed by atoms with Gasteiger partial charge in [0.25, 0.3) is 0 Å². The summed E-state index contributed by atoms with van der Waals surface area (Å²) in [4.78, 5) is 12.0. The van der Waals surface area contributed by atoms with Gasteiger partial charge in [0.1, 0.15) is 5.75 Å². The molecule has 3 nitrogen and oxygen atoms in total. The standard InChI is InChI=1S/C17H19NO2/c1-12-9-15-16(7-4-8-17(15)19)18(12)11-13-5-3-6-14(10-13)20-2/h3,5-6,9-10H,4,7-8,11H2,1-2H3. The van der Waals surface area contributed by atoms with Crippen molar-refractivity contribution < 1.29 is 9.53 Å². The van der Waals surface area contributed by atoms with Crippen LogP contribution < -0.4 is 4.74 Å². The summed E-state index contributed by atoms with van der Waals surface area (Å²) in [6, 6.07) is 10.1. The molecule has 1 aromatic heterocycles. The van der Waals surface area contributed by atoms with Gasteiger partial charge in [-0.25, -0.2) is 0 Å². The van der Waals surface area contributed by atoms with Crippen molar-refractivity contribution in [3.8, 4) is 5.75 Å². The van der Waals surface area contributed by atoms with Gasteiger partial charge in [0.15, 0.2) is 5.78 Å². The molecule has 20 heavy (non-hydrogen) atoms. The van der Waals surface area contributed by atoms with Crippen LogP contribution in [-0.2, 0) is 13.0 Å². The van der Waals surface area contributed by atoms with Crippen molar-refractivity contribution in [1.82, 2.24) is 4.57 Å². The van der Waals surface area contributed by atoms with E-state index in [1.54, 1.807) is 7.11 Å². The highest BCUT2D eigenvalue weighted by Crippen LogP contribution is 2.26. The second kappa shape index (κ2) is 5.16. The smallest absolute Gasteiger partial charge is 0.164 e. The molecule has 0 atom stereocenters. The van der Waals surface area contributed by atoms with Crippen molar-refractivity contribution in [3.63, 3.8) is 0 Å². The van der Waals surface area contributed by atoms with Crippen molar-refractivity contribution in [1.29, 1.82) is 0 Å². The Labute approximate surface area is 119 Å². The van der Waals surface area contributed by atoms with E-state index >= 15 is 0 Å². The lowest BCUT2D eigenvalue weighted by Crippen LogP contribution is -2.14. The summed E-state index contributed by atoms with van der Waals surface area (Å²) in [5, 5.41) is 0. The average Bonchev–Trinajstić information content (AvgIpc) is 2.78. The fourth-order valence-electron chi connectivity index (χ4n) is 2.96. The minimum absolute atomic E-state index is 0.291. The van der Waals surface area contributed by atoms with E-state index in [1.807, 2.05) is 18.2 Å². The van der Waals surface area contributed by atoms with E-state index in [-0.39, 0.29) is 0 Å². The molecule has 0 unspecified atom stereocenters. The number of Topliss-reactive ketones (excluding diaryl/α,β-unsaturated/α-hetero) is 1. The third-order valence-corrected chi connectivity index (χ3v) is 4.01. The van der Waals surface area contributed by atoms with E-state index in [4.69, 9.17) is 4.74 Å². The maximum absolute atomic E-state index is 12.0. The molecule has 0 radical (unpaired) electrons. The number of carbonyl (C=O) groups is 1. The number of aryl methyl sites for hydroxylation is 1. The molecule has 0 spiro atoms. The van der Waals surface area contributed by atoms with Gasteiger partial charge in [-0.05, 0) is 43.5 Å². The van der Waals surface area contributed by atoms with E-state index < -0.39 is 0 Å². The maximum Gasteiger partial charge on any atom is 0.164 e. The summed E-state index contributed by atoms with van der Waals surface area (Å²) in [5.74, 6) is 1.16. The minimum Gasteiger partial charge on any atom is -0.497 e. The average molecular weight is 269 g/mol. The van der Waals surface area contributed by atoms with Crippen LogP contribution in [0.1, 0.15) is 40.2 Å². The highest BCUT2D eigenvalue weighted by molar-refractivity contribution is 5.98. The van der Waals surface area contributed by atoms with E-state index in [9.17, 15) is 4.79 Å². The summed E-state index contributed by atoms with van der Waals surface area (Å²) in [7, 11) is 1.68. The first-order chi connectivity index (χ1) is 9.69. The zero-order chi connectivity index (χ0) is 14.1. The Hall–Kier alpha value is -2.03. The van der Waals surface area contributed by atoms with Gasteiger partial charge >= 0.3 is 0 Å². The molecule has 1 aliphatic rings. The number of carbonyl (C=O) groups excluding carboxylic acids is 1. The first kappa shape index (κ1) is 13.0. The van der Waals surface area contributed by atoms with Gasteiger partial charge in [-0.15, -0.1) is 0 Å². The number of hydrogen-bond donors (Lipinski definition) is 0. The van der Waals surface area contributed by atoms with E-state index in [0.29, 0.717) is 12.2 Å². The van der Waals surface area contributed by atoms with Gasteiger partial charge in [0, 0.05) is 29.9 Å². The topological polar surface area (TPSA) is 31.2 Å². The van der Waals surface area contributed by atoms with Crippen LogP contribution in [0, 0.1) is 6.92 Å². The SMILES string of the molecule is COc1cccc(Cn2c(C)cc3c2CCCC3=O)c1. The number of rotatable bonds is 3. The molecule has 0 N–H and O–H groups in total. The van der Waals surface area contributed by atoms with Crippen LogP contribution in [0.2, 0.25) is 0 Å². The van der Waals surface area contributed by atoms with Gasteiger partial charge in [-0.2, -0.15) is 0 Å². The van der Waals surface area contributed by atoms with Gasteiger partial charge in [0.05, 0.1) is 7.11 Å². The van der Waals surface area contributed by atoms with E-state index in [0.717, 1.165) is 36.4 Å². The normalized spacial score (nSPS) is 14.2. The Morgan fingerprint density at radius 2 is 2.10 bits per heavy atom. The lowest BCUT2D eigenvalue weighted by atomic mass is 9.96. The lowest BCUT2D eigenvalue weighted by molar-refractivity contribution is 0.0972. The number of hydrogen-bond acceptors (Lipinski definition) is 2. The Morgan fingerprint density at radius 3 is 2.90 bits per heavy atom. The molecule has 2 aromatic rings. The number of aromatic nitrogens is 1. The molecular weight excluding hydrogens is 250 g/mol. The molecule has 0 saturated heterocycles. The number of ether oxygens (including phenoxy) is 1. The first-order valence-corrected chi connectivity index (χ1v) is 7.04. The van der Waals surface area contributed by atoms with Crippen LogP contribution in [0.3, 0.4) is 0 Å². The number of fused-ring (bicyclic) bond motifs is 1. The largest absolute Gasteiger partial charge is 0.497 e. The Bertz CT molecular complexity index is 655. The maximum atomic E-state index is 12.0. The molecule has 1 aromatic carbocycles. The van der Waals surface area contributed by atoms with Crippen molar-refractivity contribution in [2.24, 2.45) is 0 Å². The summed E-state index contributed by atoms with van der Waals surface area (Å²) >= 11 is 0. The molecule has 3 rings (SSSR count). The van der Waals surface area contributed by atoms with Crippen molar-refractivity contribution in [2.75, 3.05) is 7.11 Å². The molecule has 0 saturated carbocycles. The summed E-state index contributed by atoms with van der Waals surface area (Å²) in [6.07, 6.45) is 2.65. The zero-order valence-electron chi connectivity index (χ0n) is 12.0. The Morgan fingerprint density at radius 1 is 1.25 bits per heavy atom. The van der Waals surface area contributed by atoms with Crippen LogP contribution >= 0.6 is 0 Å². The number of nitrogens with zero attached hydrogens (tertiary/aromatic N) is 1. The molecule has 1 heterocycles. The number of ketones is 1. The van der Waals surface area contributed by atoms with Crippen LogP contribution in [-0.4, -0.2) is 17.5 Å². The summed E-state index contributed by atoms with van der Waals surface area (Å²) in [6.45, 7) is 2.87. The Balaban J connectivity index is 1.96. The molecule has 1 aliphatic carbocycles. The second-order valence-corrected chi connectivity index (χ2v) is 5.36. The molecule has 0 bridgehead atoms. The van der Waals surface area contributed by atoms with Crippen LogP contribution in [0.4, 0.5) is 0 Å². The van der Waals surface area contributed by atoms with E-state index in [2.05, 4.69) is 23.6 Å². The fraction of sp³-hybridized carbons (Fsp3) is 0.353. The van der Waals surface area contributed by atoms with Crippen LogP contribution in [0.15, 0.2) is 30.3 Å². The third-order valence-electron chi connectivity index (χ3n) is 4.01. The quantitative estimate of drug-likeness (QED) is 0.855. The molecule has 0 aliphatic heterocycles. The predicted molar refractivity (Wildman–Crippen MR) is 78.5 cm³/mol. The van der Waals surface area contributed by atoms with Crippen LogP contribution in [0.25, 0.3) is 0 Å². The number of benzene rings is 1. The third kappa shape index (κ3) is 2.24. The molecule has 3 heteroatoms. The van der Waals surface area contributed by atoms with Crippen molar-refractivity contribution in [3.05, 3.63) is 52.8 Å². The first-order valence-electron chi connectivity index (χ1n) is 7.04. The summed E-state index contributed by atoms with van der Waals surface area (Å²) in [5.41, 5.74) is 4.48. The summed E-state index contributed by atoms with van der Waals surface area (Å²) < 4.78 is 7.54. The highest BCUT2D eigenvalue weighted by Gasteiger charge is 2.22. The monoisotopic (exact) mass is 269 g/mol. The minimum atomic E-state index is 0.291. The van der Waals surface area contributed by atoms with Gasteiger partial charge in [-0.3, -0.25) is 4.79 Å². The lowest BCUT2D eigenvalue weighted by Gasteiger charge is -2.16. The van der Waals surface area contributed by atoms with Crippen LogP contribution in [0.5, 0.6) is 5.75 Å². The highest BCUT2D eigenvalue weighted by atomic mass is 16.5. The fourth-order valence-corrected chi connectivity index (χ4v) is 2.96. The Kier molecular flexibility index (Phi) is 3.35. The van der Waals surface area contributed by atoms with Gasteiger partial charge in [0.2, 0.25) is 0 Å². The molecule has 0 fully saturated rings. The van der Waals surface area contributed by atoms with Crippen molar-refractivity contribution in [2.45, 2.75) is 32.7 Å². The number of methoxy groups -OCH3 is 1. The van der Waals surface area contributed by atoms with Gasteiger partial charge < -0.3 is 9.30 Å².